The summed E-state index contributed by atoms with van der Waals surface area (Å²) in [5.41, 5.74) is 1.81. The fourth-order valence-electron chi connectivity index (χ4n) is 2.88. The Morgan fingerprint density at radius 1 is 1.27 bits per heavy atom. The molecule has 1 atom stereocenters. The minimum Gasteiger partial charge on any atom is -0.508 e. The SMILES string of the molecule is Oc1cccc(C2CN(c3ncnc4[nH]ccc34)CCO2)c1. The number of H-pyrrole nitrogens is 1. The monoisotopic (exact) mass is 296 g/mol. The molecule has 1 unspecified atom stereocenters. The number of nitrogens with zero attached hydrogens (tertiary/aromatic N) is 3. The highest BCUT2D eigenvalue weighted by Crippen LogP contribution is 2.29. The smallest absolute Gasteiger partial charge is 0.142 e. The predicted octanol–water partition coefficient (Wildman–Crippen LogP) is 2.24. The van der Waals surface area contributed by atoms with Crippen molar-refractivity contribution in [2.45, 2.75) is 6.10 Å². The van der Waals surface area contributed by atoms with Gasteiger partial charge in [-0.05, 0) is 23.8 Å². The van der Waals surface area contributed by atoms with Crippen molar-refractivity contribution < 1.29 is 9.84 Å². The molecule has 1 fully saturated rings. The molecule has 3 heterocycles. The summed E-state index contributed by atoms with van der Waals surface area (Å²) < 4.78 is 5.86. The molecule has 1 aliphatic heterocycles. The molecule has 0 saturated carbocycles. The average molecular weight is 296 g/mol. The molecule has 0 spiro atoms. The van der Waals surface area contributed by atoms with E-state index in [1.54, 1.807) is 18.5 Å². The zero-order chi connectivity index (χ0) is 14.9. The quantitative estimate of drug-likeness (QED) is 0.758. The van der Waals surface area contributed by atoms with Gasteiger partial charge in [-0.15, -0.1) is 0 Å². The number of nitrogens with one attached hydrogen (secondary N) is 1. The van der Waals surface area contributed by atoms with Gasteiger partial charge < -0.3 is 19.7 Å². The van der Waals surface area contributed by atoms with Crippen LogP contribution in [0.3, 0.4) is 0 Å². The number of rotatable bonds is 2. The van der Waals surface area contributed by atoms with Crippen molar-refractivity contribution in [3.8, 4) is 5.75 Å². The minimum absolute atomic E-state index is 0.0789. The van der Waals surface area contributed by atoms with Crippen molar-refractivity contribution in [2.24, 2.45) is 0 Å². The van der Waals surface area contributed by atoms with Crippen LogP contribution in [0.5, 0.6) is 5.75 Å². The highest BCUT2D eigenvalue weighted by Gasteiger charge is 2.24. The first kappa shape index (κ1) is 13.1. The van der Waals surface area contributed by atoms with Crippen molar-refractivity contribution in [2.75, 3.05) is 24.6 Å². The molecule has 0 radical (unpaired) electrons. The maximum Gasteiger partial charge on any atom is 0.142 e. The molecule has 0 aliphatic carbocycles. The number of benzene rings is 1. The Balaban J connectivity index is 1.65. The third-order valence-electron chi connectivity index (χ3n) is 3.94. The summed E-state index contributed by atoms with van der Waals surface area (Å²) in [6, 6.07) is 9.21. The largest absolute Gasteiger partial charge is 0.508 e. The highest BCUT2D eigenvalue weighted by molar-refractivity contribution is 5.87. The molecule has 0 amide bonds. The molecular formula is C16H16N4O2. The fraction of sp³-hybridized carbons (Fsp3) is 0.250. The molecule has 2 aromatic heterocycles. The van der Waals surface area contributed by atoms with Gasteiger partial charge >= 0.3 is 0 Å². The van der Waals surface area contributed by atoms with E-state index in [4.69, 9.17) is 4.74 Å². The van der Waals surface area contributed by atoms with E-state index in [0.29, 0.717) is 13.2 Å². The number of fused-ring (bicyclic) bond motifs is 1. The van der Waals surface area contributed by atoms with Crippen LogP contribution >= 0.6 is 0 Å². The molecule has 4 rings (SSSR count). The van der Waals surface area contributed by atoms with E-state index in [2.05, 4.69) is 19.9 Å². The average Bonchev–Trinajstić information content (AvgIpc) is 3.03. The first-order valence-electron chi connectivity index (χ1n) is 7.25. The van der Waals surface area contributed by atoms with E-state index in [-0.39, 0.29) is 11.9 Å². The number of aromatic amines is 1. The van der Waals surface area contributed by atoms with Gasteiger partial charge in [0, 0.05) is 19.3 Å². The van der Waals surface area contributed by atoms with Gasteiger partial charge in [-0.3, -0.25) is 0 Å². The van der Waals surface area contributed by atoms with Crippen LogP contribution in [0, 0.1) is 0 Å². The van der Waals surface area contributed by atoms with E-state index in [1.807, 2.05) is 24.4 Å². The van der Waals surface area contributed by atoms with E-state index < -0.39 is 0 Å². The Kier molecular flexibility index (Phi) is 3.16. The number of hydrogen-bond acceptors (Lipinski definition) is 5. The minimum atomic E-state index is -0.0789. The van der Waals surface area contributed by atoms with Crippen LogP contribution in [0.4, 0.5) is 5.82 Å². The van der Waals surface area contributed by atoms with Crippen LogP contribution in [0.25, 0.3) is 11.0 Å². The molecule has 112 valence electrons. The van der Waals surface area contributed by atoms with Gasteiger partial charge in [-0.1, -0.05) is 12.1 Å². The summed E-state index contributed by atoms with van der Waals surface area (Å²) in [4.78, 5) is 14.0. The summed E-state index contributed by atoms with van der Waals surface area (Å²) >= 11 is 0. The second-order valence-corrected chi connectivity index (χ2v) is 5.34. The maximum atomic E-state index is 9.65. The van der Waals surface area contributed by atoms with Crippen molar-refractivity contribution in [1.82, 2.24) is 15.0 Å². The van der Waals surface area contributed by atoms with Crippen molar-refractivity contribution in [1.29, 1.82) is 0 Å². The molecular weight excluding hydrogens is 280 g/mol. The lowest BCUT2D eigenvalue weighted by molar-refractivity contribution is 0.0395. The van der Waals surface area contributed by atoms with Gasteiger partial charge in [-0.2, -0.15) is 0 Å². The zero-order valence-electron chi connectivity index (χ0n) is 11.9. The van der Waals surface area contributed by atoms with Crippen LogP contribution < -0.4 is 4.90 Å². The van der Waals surface area contributed by atoms with Crippen LogP contribution in [-0.2, 0) is 4.74 Å². The lowest BCUT2D eigenvalue weighted by atomic mass is 10.1. The Hall–Kier alpha value is -2.60. The maximum absolute atomic E-state index is 9.65. The number of morpholine rings is 1. The third kappa shape index (κ3) is 2.27. The second kappa shape index (κ2) is 5.31. The topological polar surface area (TPSA) is 74.3 Å². The Bertz CT molecular complexity index is 801. The van der Waals surface area contributed by atoms with Crippen molar-refractivity contribution >= 4 is 16.9 Å². The third-order valence-corrected chi connectivity index (χ3v) is 3.94. The van der Waals surface area contributed by atoms with Crippen molar-refractivity contribution in [3.05, 3.63) is 48.4 Å². The first-order chi connectivity index (χ1) is 10.8. The Morgan fingerprint density at radius 2 is 2.23 bits per heavy atom. The van der Waals surface area contributed by atoms with Gasteiger partial charge in [0.1, 0.15) is 29.6 Å². The molecule has 22 heavy (non-hydrogen) atoms. The summed E-state index contributed by atoms with van der Waals surface area (Å²) in [5.74, 6) is 1.17. The molecule has 1 saturated heterocycles. The highest BCUT2D eigenvalue weighted by atomic mass is 16.5. The standard InChI is InChI=1S/C16H16N4O2/c21-12-3-1-2-11(8-12)14-9-20(6-7-22-14)16-13-4-5-17-15(13)18-10-19-16/h1-5,8,10,14,21H,6-7,9H2,(H,17,18,19). The van der Waals surface area contributed by atoms with E-state index in [0.717, 1.165) is 29.0 Å². The summed E-state index contributed by atoms with van der Waals surface area (Å²) in [6.45, 7) is 2.10. The lowest BCUT2D eigenvalue weighted by Crippen LogP contribution is -2.39. The molecule has 6 heteroatoms. The number of hydrogen-bond donors (Lipinski definition) is 2. The first-order valence-corrected chi connectivity index (χ1v) is 7.25. The number of phenols is 1. The second-order valence-electron chi connectivity index (χ2n) is 5.34. The fourth-order valence-corrected chi connectivity index (χ4v) is 2.88. The van der Waals surface area contributed by atoms with Crippen LogP contribution in [-0.4, -0.2) is 39.8 Å². The Morgan fingerprint density at radius 3 is 3.14 bits per heavy atom. The lowest BCUT2D eigenvalue weighted by Gasteiger charge is -2.34. The van der Waals surface area contributed by atoms with Crippen LogP contribution in [0.15, 0.2) is 42.9 Å². The van der Waals surface area contributed by atoms with Gasteiger partial charge in [0.05, 0.1) is 12.0 Å². The van der Waals surface area contributed by atoms with Crippen LogP contribution in [0.1, 0.15) is 11.7 Å². The van der Waals surface area contributed by atoms with Gasteiger partial charge in [0.15, 0.2) is 0 Å². The summed E-state index contributed by atoms with van der Waals surface area (Å²) in [5, 5.41) is 10.7. The van der Waals surface area contributed by atoms with Crippen LogP contribution in [0.2, 0.25) is 0 Å². The number of anilines is 1. The summed E-state index contributed by atoms with van der Waals surface area (Å²) in [6.07, 6.45) is 3.37. The number of aromatic hydroxyl groups is 1. The van der Waals surface area contributed by atoms with Gasteiger partial charge in [0.25, 0.3) is 0 Å². The number of aromatic nitrogens is 3. The molecule has 3 aromatic rings. The zero-order valence-corrected chi connectivity index (χ0v) is 11.9. The number of ether oxygens (including phenoxy) is 1. The van der Waals surface area contributed by atoms with Crippen molar-refractivity contribution in [3.63, 3.8) is 0 Å². The van der Waals surface area contributed by atoms with E-state index >= 15 is 0 Å². The summed E-state index contributed by atoms with van der Waals surface area (Å²) in [7, 11) is 0. The molecule has 0 bridgehead atoms. The van der Waals surface area contributed by atoms with Gasteiger partial charge in [-0.25, -0.2) is 9.97 Å². The Labute approximate surface area is 127 Å². The van der Waals surface area contributed by atoms with Gasteiger partial charge in [0.2, 0.25) is 0 Å². The molecule has 1 aliphatic rings. The van der Waals surface area contributed by atoms with E-state index in [9.17, 15) is 5.11 Å². The molecule has 1 aromatic carbocycles. The predicted molar refractivity (Wildman–Crippen MR) is 82.9 cm³/mol. The molecule has 2 N–H and O–H groups in total. The molecule has 6 nitrogen and oxygen atoms in total. The number of phenolic OH excluding ortho intramolecular Hbond substituents is 1. The van der Waals surface area contributed by atoms with E-state index in [1.165, 1.54) is 0 Å². The normalized spacial score (nSPS) is 18.7.